The fourth-order valence-electron chi connectivity index (χ4n) is 9.68. The Morgan fingerprint density at radius 2 is 0.688 bits per heavy atom. The Balaban J connectivity index is 1.02. The van der Waals surface area contributed by atoms with Gasteiger partial charge in [0, 0.05) is 49.3 Å². The summed E-state index contributed by atoms with van der Waals surface area (Å²) in [6.07, 6.45) is 0. The van der Waals surface area contributed by atoms with Crippen molar-refractivity contribution in [1.29, 1.82) is 0 Å². The lowest BCUT2D eigenvalue weighted by atomic mass is 9.91. The first-order chi connectivity index (χ1) is 31.7. The second-order valence-electron chi connectivity index (χ2n) is 16.4. The van der Waals surface area contributed by atoms with Gasteiger partial charge in [-0.2, -0.15) is 0 Å². The van der Waals surface area contributed by atoms with Crippen LogP contribution in [-0.2, 0) is 0 Å². The van der Waals surface area contributed by atoms with Crippen LogP contribution < -0.4 is 4.90 Å². The minimum atomic E-state index is 0.804. The van der Waals surface area contributed by atoms with Crippen molar-refractivity contribution < 1.29 is 13.3 Å². The fourth-order valence-corrected chi connectivity index (χ4v) is 9.68. The van der Waals surface area contributed by atoms with Crippen LogP contribution in [0.5, 0.6) is 0 Å². The zero-order chi connectivity index (χ0) is 42.1. The first-order valence-electron chi connectivity index (χ1n) is 21.7. The second kappa shape index (κ2) is 14.5. The Bertz CT molecular complexity index is 3790. The van der Waals surface area contributed by atoms with Gasteiger partial charge in [-0.25, -0.2) is 0 Å². The zero-order valence-electron chi connectivity index (χ0n) is 34.5. The number of rotatable bonds is 7. The molecule has 4 nitrogen and oxygen atoms in total. The largest absolute Gasteiger partial charge is 0.456 e. The smallest absolute Gasteiger partial charge is 0.160 e. The van der Waals surface area contributed by atoms with Gasteiger partial charge >= 0.3 is 0 Å². The molecule has 0 saturated carbocycles. The predicted molar refractivity (Wildman–Crippen MR) is 265 cm³/mol. The van der Waals surface area contributed by atoms with Gasteiger partial charge in [0.15, 0.2) is 5.58 Å². The number of nitrogens with zero attached hydrogens (tertiary/aromatic N) is 1. The second-order valence-corrected chi connectivity index (χ2v) is 16.4. The number of fused-ring (bicyclic) bond motifs is 9. The van der Waals surface area contributed by atoms with E-state index in [9.17, 15) is 0 Å². The molecule has 0 saturated heterocycles. The van der Waals surface area contributed by atoms with Crippen molar-refractivity contribution in [3.63, 3.8) is 0 Å². The molecule has 0 radical (unpaired) electrons. The van der Waals surface area contributed by atoms with Crippen LogP contribution in [0.3, 0.4) is 0 Å². The summed E-state index contributed by atoms with van der Waals surface area (Å²) in [5.74, 6) is 0. The highest BCUT2D eigenvalue weighted by molar-refractivity contribution is 6.23. The summed E-state index contributed by atoms with van der Waals surface area (Å²) in [6.45, 7) is 0. The van der Waals surface area contributed by atoms with Gasteiger partial charge < -0.3 is 18.2 Å². The van der Waals surface area contributed by atoms with Crippen molar-refractivity contribution in [2.24, 2.45) is 0 Å². The molecule has 0 amide bonds. The van der Waals surface area contributed by atoms with Gasteiger partial charge in [0.1, 0.15) is 27.9 Å². The van der Waals surface area contributed by atoms with Crippen molar-refractivity contribution >= 4 is 82.9 Å². The van der Waals surface area contributed by atoms with E-state index in [-0.39, 0.29) is 0 Å². The van der Waals surface area contributed by atoms with Gasteiger partial charge in [0.2, 0.25) is 0 Å². The van der Waals surface area contributed by atoms with E-state index >= 15 is 0 Å². The number of furan rings is 3. The molecule has 0 aliphatic rings. The number of para-hydroxylation sites is 3. The highest BCUT2D eigenvalue weighted by atomic mass is 16.3. The molecule has 0 unspecified atom stereocenters. The molecule has 0 aliphatic carbocycles. The van der Waals surface area contributed by atoms with Crippen molar-refractivity contribution in [2.75, 3.05) is 4.90 Å². The Labute approximate surface area is 368 Å². The van der Waals surface area contributed by atoms with Crippen LogP contribution >= 0.6 is 0 Å². The number of anilines is 3. The summed E-state index contributed by atoms with van der Waals surface area (Å²) in [6, 6.07) is 79.0. The average molecular weight is 820 g/mol. The van der Waals surface area contributed by atoms with Crippen LogP contribution in [0.4, 0.5) is 17.1 Å². The van der Waals surface area contributed by atoms with Crippen LogP contribution in [0, 0.1) is 0 Å². The highest BCUT2D eigenvalue weighted by Gasteiger charge is 2.25. The van der Waals surface area contributed by atoms with Gasteiger partial charge in [-0.15, -0.1) is 0 Å². The van der Waals surface area contributed by atoms with Gasteiger partial charge in [-0.05, 0) is 106 Å². The standard InChI is InChI=1S/C60H37NO3/c1-3-13-38(14-4-1)40-23-28-43(29-24-40)61(44-30-25-41(26-31-44)39-15-5-2-6-16-39)52-36-35-49(58-51-19-9-12-22-55(51)64-60(52)58)48-34-33-45(59-57(48)50-18-8-11-21-54(50)63-59)42-27-32-47-46-17-7-10-20-53(46)62-56(47)37-42/h1-37H. The Kier molecular flexibility index (Phi) is 8.18. The molecule has 13 rings (SSSR count). The molecular formula is C60H37NO3. The van der Waals surface area contributed by atoms with Crippen molar-refractivity contribution in [3.8, 4) is 44.5 Å². The number of hydrogen-bond donors (Lipinski definition) is 0. The van der Waals surface area contributed by atoms with E-state index in [1.54, 1.807) is 0 Å². The molecule has 0 atom stereocenters. The van der Waals surface area contributed by atoms with E-state index in [2.05, 4.69) is 205 Å². The van der Waals surface area contributed by atoms with E-state index in [0.29, 0.717) is 0 Å². The third-order valence-electron chi connectivity index (χ3n) is 12.7. The topological polar surface area (TPSA) is 42.7 Å². The Morgan fingerprint density at radius 3 is 1.28 bits per heavy atom. The number of hydrogen-bond acceptors (Lipinski definition) is 4. The van der Waals surface area contributed by atoms with E-state index in [0.717, 1.165) is 116 Å². The molecule has 10 aromatic carbocycles. The predicted octanol–water partition coefficient (Wildman–Crippen LogP) is 17.5. The van der Waals surface area contributed by atoms with E-state index in [1.165, 1.54) is 11.1 Å². The minimum Gasteiger partial charge on any atom is -0.456 e. The summed E-state index contributed by atoms with van der Waals surface area (Å²) in [5, 5.41) is 6.42. The minimum absolute atomic E-state index is 0.804. The zero-order valence-corrected chi connectivity index (χ0v) is 34.5. The third-order valence-corrected chi connectivity index (χ3v) is 12.7. The van der Waals surface area contributed by atoms with Crippen LogP contribution in [0.15, 0.2) is 238 Å². The molecule has 64 heavy (non-hydrogen) atoms. The first kappa shape index (κ1) is 36.1. The van der Waals surface area contributed by atoms with Gasteiger partial charge in [0.05, 0.1) is 5.69 Å². The molecule has 0 N–H and O–H groups in total. The molecule has 0 bridgehead atoms. The van der Waals surface area contributed by atoms with Crippen LogP contribution in [0.25, 0.3) is 110 Å². The maximum atomic E-state index is 7.02. The van der Waals surface area contributed by atoms with E-state index in [4.69, 9.17) is 13.3 Å². The lowest BCUT2D eigenvalue weighted by molar-refractivity contribution is 0.668. The van der Waals surface area contributed by atoms with Gasteiger partial charge in [-0.3, -0.25) is 0 Å². The molecule has 3 aromatic heterocycles. The van der Waals surface area contributed by atoms with E-state index < -0.39 is 0 Å². The lowest BCUT2D eigenvalue weighted by Crippen LogP contribution is -2.10. The lowest BCUT2D eigenvalue weighted by Gasteiger charge is -2.26. The molecular weight excluding hydrogens is 783 g/mol. The summed E-state index contributed by atoms with van der Waals surface area (Å²) in [4.78, 5) is 2.32. The Hall–Kier alpha value is -8.60. The summed E-state index contributed by atoms with van der Waals surface area (Å²) in [7, 11) is 0. The maximum absolute atomic E-state index is 7.02. The summed E-state index contributed by atoms with van der Waals surface area (Å²) < 4.78 is 20.2. The summed E-state index contributed by atoms with van der Waals surface area (Å²) >= 11 is 0. The fraction of sp³-hybridized carbons (Fsp3) is 0. The molecule has 0 aliphatic heterocycles. The molecule has 3 heterocycles. The normalized spacial score (nSPS) is 11.8. The van der Waals surface area contributed by atoms with Crippen LogP contribution in [0.1, 0.15) is 0 Å². The molecule has 0 spiro atoms. The van der Waals surface area contributed by atoms with Crippen molar-refractivity contribution in [2.45, 2.75) is 0 Å². The van der Waals surface area contributed by atoms with Gasteiger partial charge in [0.25, 0.3) is 0 Å². The SMILES string of the molecule is c1ccc(-c2ccc(N(c3ccc(-c4ccccc4)cc3)c3ccc(-c4ccc(-c5ccc6c(c5)oc5ccccc56)c5oc6ccccc6c45)c4c3oc3ccccc34)cc2)cc1. The molecule has 0 fully saturated rings. The van der Waals surface area contributed by atoms with Crippen molar-refractivity contribution in [3.05, 3.63) is 224 Å². The quantitative estimate of drug-likeness (QED) is 0.161. The maximum Gasteiger partial charge on any atom is 0.160 e. The first-order valence-corrected chi connectivity index (χ1v) is 21.7. The third kappa shape index (κ3) is 5.77. The van der Waals surface area contributed by atoms with Gasteiger partial charge in [-0.1, -0.05) is 158 Å². The molecule has 4 heteroatoms. The number of benzene rings is 10. The van der Waals surface area contributed by atoms with E-state index in [1.807, 2.05) is 24.3 Å². The van der Waals surface area contributed by atoms with Crippen LogP contribution in [0.2, 0.25) is 0 Å². The van der Waals surface area contributed by atoms with Crippen molar-refractivity contribution in [1.82, 2.24) is 0 Å². The molecule has 300 valence electrons. The van der Waals surface area contributed by atoms with Crippen LogP contribution in [-0.4, -0.2) is 0 Å². The monoisotopic (exact) mass is 819 g/mol. The Morgan fingerprint density at radius 1 is 0.266 bits per heavy atom. The molecule has 13 aromatic rings. The summed E-state index contributed by atoms with van der Waals surface area (Å²) in [5.41, 5.74) is 16.9. The average Bonchev–Trinajstić information content (AvgIpc) is 4.07. The highest BCUT2D eigenvalue weighted by Crippen LogP contribution is 2.49.